The quantitative estimate of drug-likeness (QED) is 0.247. The molecule has 0 spiro atoms. The Labute approximate surface area is 195 Å². The SMILES string of the molecule is CN=C(NCc1ccc(Cl)nc1)NCC(c1ccc(OC)cc1)N1CCCC1.I. The molecule has 1 atom stereocenters. The Kier molecular flexibility index (Phi) is 9.96. The zero-order valence-corrected chi connectivity index (χ0v) is 20.0. The number of aliphatic imine (C=N–C) groups is 1. The van der Waals surface area contributed by atoms with Gasteiger partial charge in [0.1, 0.15) is 10.9 Å². The van der Waals surface area contributed by atoms with Gasteiger partial charge in [0.15, 0.2) is 5.96 Å². The number of hydrogen-bond acceptors (Lipinski definition) is 4. The van der Waals surface area contributed by atoms with Crippen molar-refractivity contribution in [3.05, 3.63) is 58.9 Å². The van der Waals surface area contributed by atoms with E-state index >= 15 is 0 Å². The molecule has 2 heterocycles. The molecule has 0 aliphatic carbocycles. The first kappa shape index (κ1) is 23.7. The third-order valence-corrected chi connectivity index (χ3v) is 5.24. The van der Waals surface area contributed by atoms with Gasteiger partial charge in [-0.05, 0) is 55.3 Å². The fraction of sp³-hybridized carbons (Fsp3) is 0.429. The van der Waals surface area contributed by atoms with Crippen LogP contribution in [0.1, 0.15) is 30.0 Å². The third kappa shape index (κ3) is 7.01. The van der Waals surface area contributed by atoms with Gasteiger partial charge in [0.05, 0.1) is 13.2 Å². The minimum atomic E-state index is 0. The van der Waals surface area contributed by atoms with Crippen LogP contribution in [0.2, 0.25) is 5.15 Å². The monoisotopic (exact) mass is 529 g/mol. The lowest BCUT2D eigenvalue weighted by Crippen LogP contribution is -2.42. The summed E-state index contributed by atoms with van der Waals surface area (Å²) >= 11 is 5.85. The summed E-state index contributed by atoms with van der Waals surface area (Å²) in [6.07, 6.45) is 4.28. The van der Waals surface area contributed by atoms with E-state index in [2.05, 4.69) is 37.6 Å². The van der Waals surface area contributed by atoms with Crippen molar-refractivity contribution < 1.29 is 4.74 Å². The van der Waals surface area contributed by atoms with E-state index in [4.69, 9.17) is 16.3 Å². The van der Waals surface area contributed by atoms with Crippen molar-refractivity contribution in [2.75, 3.05) is 33.8 Å². The smallest absolute Gasteiger partial charge is 0.191 e. The van der Waals surface area contributed by atoms with Gasteiger partial charge in [0.2, 0.25) is 0 Å². The number of likely N-dealkylation sites (tertiary alicyclic amines) is 1. The van der Waals surface area contributed by atoms with Crippen molar-refractivity contribution in [2.45, 2.75) is 25.4 Å². The molecule has 1 aromatic carbocycles. The number of methoxy groups -OCH3 is 1. The van der Waals surface area contributed by atoms with Gasteiger partial charge in [-0.15, -0.1) is 24.0 Å². The number of pyridine rings is 1. The van der Waals surface area contributed by atoms with Crippen molar-refractivity contribution in [2.24, 2.45) is 4.99 Å². The second-order valence-corrected chi connectivity index (χ2v) is 7.22. The summed E-state index contributed by atoms with van der Waals surface area (Å²) in [6.45, 7) is 3.67. The minimum Gasteiger partial charge on any atom is -0.497 e. The number of hydrogen-bond donors (Lipinski definition) is 2. The molecule has 1 unspecified atom stereocenters. The summed E-state index contributed by atoms with van der Waals surface area (Å²) in [7, 11) is 3.48. The van der Waals surface area contributed by atoms with E-state index in [0.29, 0.717) is 17.7 Å². The maximum atomic E-state index is 5.85. The van der Waals surface area contributed by atoms with Gasteiger partial charge < -0.3 is 15.4 Å². The lowest BCUT2D eigenvalue weighted by molar-refractivity contribution is 0.245. The van der Waals surface area contributed by atoms with E-state index in [1.807, 2.05) is 18.2 Å². The van der Waals surface area contributed by atoms with Crippen molar-refractivity contribution in [3.8, 4) is 5.75 Å². The first-order valence-electron chi connectivity index (χ1n) is 9.62. The van der Waals surface area contributed by atoms with Crippen LogP contribution in [0.15, 0.2) is 47.6 Å². The Hall–Kier alpha value is -1.58. The molecule has 1 aliphatic rings. The number of ether oxygens (including phenoxy) is 1. The number of benzene rings is 1. The van der Waals surface area contributed by atoms with E-state index in [1.54, 1.807) is 26.4 Å². The summed E-state index contributed by atoms with van der Waals surface area (Å²) in [5, 5.41) is 7.31. The highest BCUT2D eigenvalue weighted by atomic mass is 127. The normalized spacial score (nSPS) is 15.5. The summed E-state index contributed by atoms with van der Waals surface area (Å²) in [4.78, 5) is 11.0. The molecule has 6 nitrogen and oxygen atoms in total. The Bertz CT molecular complexity index is 764. The fourth-order valence-corrected chi connectivity index (χ4v) is 3.56. The molecule has 2 aromatic rings. The largest absolute Gasteiger partial charge is 0.497 e. The van der Waals surface area contributed by atoms with Gasteiger partial charge >= 0.3 is 0 Å². The lowest BCUT2D eigenvalue weighted by atomic mass is 10.1. The molecule has 1 saturated heterocycles. The Morgan fingerprint density at radius 3 is 2.48 bits per heavy atom. The molecule has 0 amide bonds. The van der Waals surface area contributed by atoms with Gasteiger partial charge in [-0.1, -0.05) is 29.8 Å². The zero-order chi connectivity index (χ0) is 19.8. The van der Waals surface area contributed by atoms with Crippen LogP contribution in [0.25, 0.3) is 0 Å². The number of aromatic nitrogens is 1. The average molecular weight is 530 g/mol. The molecular weight excluding hydrogens is 501 g/mol. The van der Waals surface area contributed by atoms with Crippen molar-refractivity contribution in [1.82, 2.24) is 20.5 Å². The molecule has 29 heavy (non-hydrogen) atoms. The number of nitrogens with zero attached hydrogens (tertiary/aromatic N) is 3. The third-order valence-electron chi connectivity index (χ3n) is 5.02. The molecule has 1 aromatic heterocycles. The van der Waals surface area contributed by atoms with Crippen LogP contribution >= 0.6 is 35.6 Å². The molecule has 3 rings (SSSR count). The molecule has 0 saturated carbocycles. The van der Waals surface area contributed by atoms with E-state index in [9.17, 15) is 0 Å². The number of guanidine groups is 1. The number of nitrogens with one attached hydrogen (secondary N) is 2. The van der Waals surface area contributed by atoms with Gasteiger partial charge in [0.25, 0.3) is 0 Å². The molecular formula is C21H29ClIN5O. The van der Waals surface area contributed by atoms with E-state index < -0.39 is 0 Å². The van der Waals surface area contributed by atoms with Crippen LogP contribution in [-0.4, -0.2) is 49.6 Å². The van der Waals surface area contributed by atoms with E-state index in [1.165, 1.54) is 18.4 Å². The average Bonchev–Trinajstić information content (AvgIpc) is 3.26. The molecule has 158 valence electrons. The first-order chi connectivity index (χ1) is 13.7. The van der Waals surface area contributed by atoms with Crippen molar-refractivity contribution >= 4 is 41.5 Å². The van der Waals surface area contributed by atoms with Gasteiger partial charge in [-0.3, -0.25) is 9.89 Å². The molecule has 1 aliphatic heterocycles. The predicted octanol–water partition coefficient (Wildman–Crippen LogP) is 3.86. The van der Waals surface area contributed by atoms with Crippen LogP contribution in [0.4, 0.5) is 0 Å². The maximum absolute atomic E-state index is 5.85. The van der Waals surface area contributed by atoms with E-state index in [-0.39, 0.29) is 24.0 Å². The standard InChI is InChI=1S/C21H28ClN5O.HI/c1-23-21(25-14-16-5-10-20(22)24-13-16)26-15-19(27-11-3-4-12-27)17-6-8-18(28-2)9-7-17;/h5-10,13,19H,3-4,11-12,14-15H2,1-2H3,(H2,23,25,26);1H. The molecule has 0 bridgehead atoms. The summed E-state index contributed by atoms with van der Waals surface area (Å²) in [5.41, 5.74) is 2.34. The molecule has 0 radical (unpaired) electrons. The summed E-state index contributed by atoms with van der Waals surface area (Å²) in [6, 6.07) is 12.4. The number of halogens is 2. The highest BCUT2D eigenvalue weighted by Gasteiger charge is 2.23. The minimum absolute atomic E-state index is 0. The van der Waals surface area contributed by atoms with Crippen LogP contribution < -0.4 is 15.4 Å². The molecule has 1 fully saturated rings. The topological polar surface area (TPSA) is 61.8 Å². The molecule has 8 heteroatoms. The first-order valence-corrected chi connectivity index (χ1v) is 10.0. The maximum Gasteiger partial charge on any atom is 0.191 e. The van der Waals surface area contributed by atoms with E-state index in [0.717, 1.165) is 36.9 Å². The molecule has 2 N–H and O–H groups in total. The fourth-order valence-electron chi connectivity index (χ4n) is 3.45. The number of rotatable bonds is 7. The van der Waals surface area contributed by atoms with Gasteiger partial charge in [-0.25, -0.2) is 4.98 Å². The van der Waals surface area contributed by atoms with Gasteiger partial charge in [0, 0.05) is 26.3 Å². The van der Waals surface area contributed by atoms with Gasteiger partial charge in [-0.2, -0.15) is 0 Å². The van der Waals surface area contributed by atoms with Crippen LogP contribution in [0, 0.1) is 0 Å². The van der Waals surface area contributed by atoms with Crippen LogP contribution in [-0.2, 0) is 6.54 Å². The highest BCUT2D eigenvalue weighted by molar-refractivity contribution is 14.0. The Morgan fingerprint density at radius 1 is 1.17 bits per heavy atom. The van der Waals surface area contributed by atoms with Crippen molar-refractivity contribution in [3.63, 3.8) is 0 Å². The predicted molar refractivity (Wildman–Crippen MR) is 129 cm³/mol. The zero-order valence-electron chi connectivity index (χ0n) is 16.9. The van der Waals surface area contributed by atoms with Crippen molar-refractivity contribution in [1.29, 1.82) is 0 Å². The Balaban J connectivity index is 0.00000300. The lowest BCUT2D eigenvalue weighted by Gasteiger charge is -2.29. The van der Waals surface area contributed by atoms with Crippen LogP contribution in [0.5, 0.6) is 5.75 Å². The summed E-state index contributed by atoms with van der Waals surface area (Å²) < 4.78 is 5.30. The highest BCUT2D eigenvalue weighted by Crippen LogP contribution is 2.26. The second-order valence-electron chi connectivity index (χ2n) is 6.83. The summed E-state index contributed by atoms with van der Waals surface area (Å²) in [5.74, 6) is 1.65. The second kappa shape index (κ2) is 12.2. The van der Waals surface area contributed by atoms with Crippen LogP contribution in [0.3, 0.4) is 0 Å². The Morgan fingerprint density at radius 2 is 1.90 bits per heavy atom.